The van der Waals surface area contributed by atoms with Crippen LogP contribution in [0.5, 0.6) is 0 Å². The van der Waals surface area contributed by atoms with E-state index in [1.165, 1.54) is 6.42 Å². The van der Waals surface area contributed by atoms with Gasteiger partial charge in [0.25, 0.3) is 0 Å². The van der Waals surface area contributed by atoms with Gasteiger partial charge < -0.3 is 24.4 Å². The molecular weight excluding hydrogens is 356 g/mol. The van der Waals surface area contributed by atoms with Crippen molar-refractivity contribution in [2.24, 2.45) is 5.92 Å². The highest BCUT2D eigenvalue weighted by molar-refractivity contribution is 5.13. The van der Waals surface area contributed by atoms with Crippen molar-refractivity contribution in [2.75, 3.05) is 19.8 Å². The fourth-order valence-electron chi connectivity index (χ4n) is 3.63. The average molecular weight is 395 g/mol. The molecule has 1 aliphatic heterocycles. The zero-order chi connectivity index (χ0) is 20.2. The monoisotopic (exact) mass is 394 g/mol. The summed E-state index contributed by atoms with van der Waals surface area (Å²) in [5, 5.41) is 20.3. The Hall–Kier alpha value is -0.980. The molecule has 1 aromatic carbocycles. The lowest BCUT2D eigenvalue weighted by molar-refractivity contribution is -0.168. The quantitative estimate of drug-likeness (QED) is 0.528. The van der Waals surface area contributed by atoms with Gasteiger partial charge in [-0.1, -0.05) is 43.7 Å². The molecule has 5 nitrogen and oxygen atoms in total. The molecule has 2 rings (SSSR count). The lowest BCUT2D eigenvalue weighted by atomic mass is 9.89. The Morgan fingerprint density at radius 2 is 2.00 bits per heavy atom. The lowest BCUT2D eigenvalue weighted by Gasteiger charge is -2.33. The first-order valence-corrected chi connectivity index (χ1v) is 10.7. The Bertz CT molecular complexity index is 513. The van der Waals surface area contributed by atoms with Gasteiger partial charge in [0, 0.05) is 13.2 Å². The van der Waals surface area contributed by atoms with Gasteiger partial charge in [-0.3, -0.25) is 0 Å². The van der Waals surface area contributed by atoms with Crippen LogP contribution in [0.1, 0.15) is 64.4 Å². The molecule has 2 N–H and O–H groups in total. The van der Waals surface area contributed by atoms with Crippen LogP contribution >= 0.6 is 0 Å². The van der Waals surface area contributed by atoms with Crippen molar-refractivity contribution >= 4 is 0 Å². The molecule has 0 bridgehead atoms. The molecule has 0 spiro atoms. The van der Waals surface area contributed by atoms with E-state index in [9.17, 15) is 10.2 Å². The molecule has 0 aromatic heterocycles. The molecule has 1 aliphatic rings. The molecule has 1 fully saturated rings. The van der Waals surface area contributed by atoms with E-state index in [0.717, 1.165) is 37.9 Å². The van der Waals surface area contributed by atoms with Crippen LogP contribution in [0.15, 0.2) is 30.3 Å². The van der Waals surface area contributed by atoms with Gasteiger partial charge in [0.15, 0.2) is 6.29 Å². The Labute approximate surface area is 170 Å². The zero-order valence-electron chi connectivity index (χ0n) is 17.5. The SMILES string of the molecule is CC(CCC[C@@](C)(O)[C@H](CCO)OCc1ccccc1)COC1CCCCO1. The molecule has 0 saturated carbocycles. The maximum atomic E-state index is 10.9. The summed E-state index contributed by atoms with van der Waals surface area (Å²) in [5.41, 5.74) is 0.0989. The minimum Gasteiger partial charge on any atom is -0.396 e. The third-order valence-electron chi connectivity index (χ3n) is 5.46. The van der Waals surface area contributed by atoms with Crippen LogP contribution in [-0.4, -0.2) is 48.0 Å². The number of aliphatic hydroxyl groups is 2. The normalized spacial score (nSPS) is 21.8. The summed E-state index contributed by atoms with van der Waals surface area (Å²) >= 11 is 0. The molecule has 4 atom stereocenters. The summed E-state index contributed by atoms with van der Waals surface area (Å²) in [7, 11) is 0. The summed E-state index contributed by atoms with van der Waals surface area (Å²) < 4.78 is 17.4. The predicted octanol–water partition coefficient (Wildman–Crippen LogP) is 4.05. The standard InChI is InChI=1S/C23H38O5/c1-19(17-28-22-12-6-7-16-26-22)9-8-14-23(2,25)21(13-15-24)27-18-20-10-4-3-5-11-20/h3-5,10-11,19,21-22,24-25H,6-9,12-18H2,1-2H3/t19?,21-,22?,23+/m0/s1. The van der Waals surface area contributed by atoms with Crippen LogP contribution in [-0.2, 0) is 20.8 Å². The van der Waals surface area contributed by atoms with Gasteiger partial charge >= 0.3 is 0 Å². The molecule has 1 aromatic rings. The van der Waals surface area contributed by atoms with Crippen molar-refractivity contribution in [3.63, 3.8) is 0 Å². The summed E-state index contributed by atoms with van der Waals surface area (Å²) in [6.07, 6.45) is 5.80. The number of hydrogen-bond donors (Lipinski definition) is 2. The average Bonchev–Trinajstić information content (AvgIpc) is 2.71. The van der Waals surface area contributed by atoms with Gasteiger partial charge in [0.05, 0.1) is 24.9 Å². The molecule has 0 radical (unpaired) electrons. The van der Waals surface area contributed by atoms with Crippen molar-refractivity contribution in [3.05, 3.63) is 35.9 Å². The first kappa shape index (κ1) is 23.3. The van der Waals surface area contributed by atoms with E-state index in [-0.39, 0.29) is 19.0 Å². The second kappa shape index (κ2) is 12.6. The molecule has 2 unspecified atom stereocenters. The van der Waals surface area contributed by atoms with Gasteiger partial charge in [-0.05, 0) is 56.9 Å². The van der Waals surface area contributed by atoms with E-state index < -0.39 is 5.60 Å². The Morgan fingerprint density at radius 1 is 1.21 bits per heavy atom. The maximum Gasteiger partial charge on any atom is 0.157 e. The Kier molecular flexibility index (Phi) is 10.4. The number of hydrogen-bond acceptors (Lipinski definition) is 5. The van der Waals surface area contributed by atoms with E-state index in [1.807, 2.05) is 37.3 Å². The van der Waals surface area contributed by atoms with Gasteiger partial charge in [-0.25, -0.2) is 0 Å². The fraction of sp³-hybridized carbons (Fsp3) is 0.739. The minimum atomic E-state index is -0.968. The van der Waals surface area contributed by atoms with Crippen LogP contribution in [0.2, 0.25) is 0 Å². The minimum absolute atomic E-state index is 0.00123. The van der Waals surface area contributed by atoms with Crippen molar-refractivity contribution in [1.82, 2.24) is 0 Å². The third-order valence-corrected chi connectivity index (χ3v) is 5.46. The van der Waals surface area contributed by atoms with Crippen LogP contribution < -0.4 is 0 Å². The smallest absolute Gasteiger partial charge is 0.157 e. The first-order valence-electron chi connectivity index (χ1n) is 10.7. The number of aliphatic hydroxyl groups excluding tert-OH is 1. The predicted molar refractivity (Wildman–Crippen MR) is 110 cm³/mol. The molecule has 28 heavy (non-hydrogen) atoms. The number of rotatable bonds is 13. The molecule has 1 saturated heterocycles. The van der Waals surface area contributed by atoms with Crippen molar-refractivity contribution in [3.8, 4) is 0 Å². The highest BCUT2D eigenvalue weighted by atomic mass is 16.7. The van der Waals surface area contributed by atoms with Crippen molar-refractivity contribution in [1.29, 1.82) is 0 Å². The topological polar surface area (TPSA) is 68.2 Å². The summed E-state index contributed by atoms with van der Waals surface area (Å²) in [6, 6.07) is 9.92. The van der Waals surface area contributed by atoms with Crippen LogP contribution in [0.4, 0.5) is 0 Å². The molecule has 5 heteroatoms. The van der Waals surface area contributed by atoms with Gasteiger partial charge in [-0.15, -0.1) is 0 Å². The van der Waals surface area contributed by atoms with Crippen LogP contribution in [0, 0.1) is 5.92 Å². The van der Waals surface area contributed by atoms with Crippen LogP contribution in [0.3, 0.4) is 0 Å². The van der Waals surface area contributed by atoms with Gasteiger partial charge in [0.1, 0.15) is 0 Å². The van der Waals surface area contributed by atoms with E-state index in [0.29, 0.717) is 32.0 Å². The summed E-state index contributed by atoms with van der Waals surface area (Å²) in [5.74, 6) is 0.419. The molecule has 0 amide bonds. The highest BCUT2D eigenvalue weighted by Crippen LogP contribution is 2.26. The van der Waals surface area contributed by atoms with E-state index in [1.54, 1.807) is 0 Å². The number of benzene rings is 1. The van der Waals surface area contributed by atoms with Crippen molar-refractivity contribution < 1.29 is 24.4 Å². The fourth-order valence-corrected chi connectivity index (χ4v) is 3.63. The number of ether oxygens (including phenoxy) is 3. The second-order valence-corrected chi connectivity index (χ2v) is 8.28. The van der Waals surface area contributed by atoms with Crippen LogP contribution in [0.25, 0.3) is 0 Å². The Morgan fingerprint density at radius 3 is 2.68 bits per heavy atom. The molecular formula is C23H38O5. The van der Waals surface area contributed by atoms with Gasteiger partial charge in [0.2, 0.25) is 0 Å². The van der Waals surface area contributed by atoms with Crippen molar-refractivity contribution in [2.45, 2.75) is 83.4 Å². The molecule has 160 valence electrons. The summed E-state index contributed by atoms with van der Waals surface area (Å²) in [6.45, 7) is 5.92. The third kappa shape index (κ3) is 8.58. The van der Waals surface area contributed by atoms with Gasteiger partial charge in [-0.2, -0.15) is 0 Å². The molecule has 1 heterocycles. The van der Waals surface area contributed by atoms with E-state index in [2.05, 4.69) is 6.92 Å². The highest BCUT2D eigenvalue weighted by Gasteiger charge is 2.32. The second-order valence-electron chi connectivity index (χ2n) is 8.28. The lowest BCUT2D eigenvalue weighted by Crippen LogP contribution is -2.41. The zero-order valence-corrected chi connectivity index (χ0v) is 17.5. The van der Waals surface area contributed by atoms with E-state index in [4.69, 9.17) is 14.2 Å². The molecule has 0 aliphatic carbocycles. The maximum absolute atomic E-state index is 10.9. The Balaban J connectivity index is 1.70. The largest absolute Gasteiger partial charge is 0.396 e. The summed E-state index contributed by atoms with van der Waals surface area (Å²) in [4.78, 5) is 0. The van der Waals surface area contributed by atoms with E-state index >= 15 is 0 Å². The first-order chi connectivity index (χ1) is 13.5.